The van der Waals surface area contributed by atoms with Crippen LogP contribution in [0.1, 0.15) is 11.8 Å². The molecule has 0 radical (unpaired) electrons. The number of thiophene rings is 1. The van der Waals surface area contributed by atoms with E-state index in [-0.39, 0.29) is 10.5 Å². The van der Waals surface area contributed by atoms with E-state index >= 15 is 0 Å². The van der Waals surface area contributed by atoms with Crippen LogP contribution in [0.3, 0.4) is 0 Å². The summed E-state index contributed by atoms with van der Waals surface area (Å²) in [6.45, 7) is 3.82. The molecule has 0 amide bonds. The van der Waals surface area contributed by atoms with Crippen LogP contribution in [0, 0.1) is 6.92 Å². The largest absolute Gasteiger partial charge is 0.268 e. The lowest BCUT2D eigenvalue weighted by atomic mass is 10.3. The van der Waals surface area contributed by atoms with E-state index in [9.17, 15) is 13.2 Å². The maximum absolute atomic E-state index is 12.0. The second kappa shape index (κ2) is 5.47. The predicted octanol–water partition coefficient (Wildman–Crippen LogP) is 1.12. The summed E-state index contributed by atoms with van der Waals surface area (Å²) in [5, 5.41) is 4.12. The maximum Gasteiger partial charge on any atom is 0.266 e. The number of aromatic nitrogens is 2. The molecule has 0 aliphatic heterocycles. The quantitative estimate of drug-likeness (QED) is 0.917. The van der Waals surface area contributed by atoms with E-state index in [0.29, 0.717) is 17.1 Å². The normalized spacial score (nSPS) is 11.8. The Morgan fingerprint density at radius 2 is 2.10 bits per heavy atom. The maximum atomic E-state index is 12.0. The van der Waals surface area contributed by atoms with Crippen molar-refractivity contribution in [2.75, 3.05) is 6.54 Å². The molecule has 2 heterocycles. The van der Waals surface area contributed by atoms with Gasteiger partial charge in [0.2, 0.25) is 10.0 Å². The predicted molar refractivity (Wildman–Crippen MR) is 78.4 cm³/mol. The second-order valence-electron chi connectivity index (χ2n) is 4.21. The molecule has 0 unspecified atom stereocenters. The van der Waals surface area contributed by atoms with Crippen LogP contribution in [0.25, 0.3) is 10.6 Å². The zero-order chi connectivity index (χ0) is 14.9. The van der Waals surface area contributed by atoms with Gasteiger partial charge in [-0.05, 0) is 19.1 Å². The van der Waals surface area contributed by atoms with Crippen molar-refractivity contribution in [2.45, 2.75) is 18.7 Å². The van der Waals surface area contributed by atoms with Gasteiger partial charge in [-0.25, -0.2) is 17.8 Å². The topological polar surface area (TPSA) is 81.1 Å². The molecule has 8 heteroatoms. The van der Waals surface area contributed by atoms with Gasteiger partial charge in [0.25, 0.3) is 5.56 Å². The van der Waals surface area contributed by atoms with Gasteiger partial charge in [0, 0.05) is 24.5 Å². The SMILES string of the molecule is CCNS(=O)(=O)c1cc(-c2ccc(=O)n(C)n2)sc1C. The Balaban J connectivity index is 2.51. The minimum atomic E-state index is -3.48. The molecular formula is C12H15N3O3S2. The summed E-state index contributed by atoms with van der Waals surface area (Å²) in [5.41, 5.74) is 0.376. The molecule has 0 aliphatic rings. The van der Waals surface area contributed by atoms with Crippen molar-refractivity contribution in [1.82, 2.24) is 14.5 Å². The van der Waals surface area contributed by atoms with Gasteiger partial charge in [0.1, 0.15) is 5.69 Å². The van der Waals surface area contributed by atoms with Gasteiger partial charge in [0.15, 0.2) is 0 Å². The minimum absolute atomic E-state index is 0.206. The van der Waals surface area contributed by atoms with E-state index in [0.717, 1.165) is 4.88 Å². The van der Waals surface area contributed by atoms with E-state index in [1.165, 1.54) is 22.1 Å². The van der Waals surface area contributed by atoms with Gasteiger partial charge >= 0.3 is 0 Å². The summed E-state index contributed by atoms with van der Waals surface area (Å²) in [4.78, 5) is 13.0. The van der Waals surface area contributed by atoms with E-state index < -0.39 is 10.0 Å². The number of hydrogen-bond donors (Lipinski definition) is 1. The Morgan fingerprint density at radius 1 is 1.40 bits per heavy atom. The molecule has 6 nitrogen and oxygen atoms in total. The average Bonchev–Trinajstić information content (AvgIpc) is 2.75. The van der Waals surface area contributed by atoms with Gasteiger partial charge in [-0.1, -0.05) is 6.92 Å². The zero-order valence-electron chi connectivity index (χ0n) is 11.4. The molecule has 0 atom stereocenters. The van der Waals surface area contributed by atoms with Gasteiger partial charge in [-0.2, -0.15) is 5.10 Å². The van der Waals surface area contributed by atoms with E-state index in [1.54, 1.807) is 33.0 Å². The molecule has 0 saturated carbocycles. The number of sulfonamides is 1. The fraction of sp³-hybridized carbons (Fsp3) is 0.333. The van der Waals surface area contributed by atoms with Crippen molar-refractivity contribution in [2.24, 2.45) is 7.05 Å². The lowest BCUT2D eigenvalue weighted by Crippen LogP contribution is -2.23. The van der Waals surface area contributed by atoms with Gasteiger partial charge in [-0.15, -0.1) is 11.3 Å². The molecule has 2 aromatic heterocycles. The van der Waals surface area contributed by atoms with Crippen LogP contribution >= 0.6 is 11.3 Å². The first-order chi connectivity index (χ1) is 9.35. The van der Waals surface area contributed by atoms with Crippen molar-refractivity contribution < 1.29 is 8.42 Å². The Labute approximate surface area is 121 Å². The molecule has 0 aromatic carbocycles. The summed E-state index contributed by atoms with van der Waals surface area (Å²) < 4.78 is 27.8. The molecule has 0 spiro atoms. The lowest BCUT2D eigenvalue weighted by Gasteiger charge is -2.02. The fourth-order valence-electron chi connectivity index (χ4n) is 1.76. The Hall–Kier alpha value is -1.51. The first-order valence-electron chi connectivity index (χ1n) is 6.00. The highest BCUT2D eigenvalue weighted by atomic mass is 32.2. The van der Waals surface area contributed by atoms with Crippen molar-refractivity contribution in [1.29, 1.82) is 0 Å². The van der Waals surface area contributed by atoms with Crippen LogP contribution in [0.15, 0.2) is 27.9 Å². The second-order valence-corrected chi connectivity index (χ2v) is 7.20. The Morgan fingerprint density at radius 3 is 2.70 bits per heavy atom. The van der Waals surface area contributed by atoms with Crippen LogP contribution in [0.2, 0.25) is 0 Å². The van der Waals surface area contributed by atoms with Gasteiger partial charge < -0.3 is 0 Å². The van der Waals surface area contributed by atoms with Crippen molar-refractivity contribution in [3.8, 4) is 10.6 Å². The van der Waals surface area contributed by atoms with E-state index in [2.05, 4.69) is 9.82 Å². The van der Waals surface area contributed by atoms with Crippen LogP contribution in [-0.2, 0) is 17.1 Å². The number of rotatable bonds is 4. The number of nitrogens with zero attached hydrogens (tertiary/aromatic N) is 2. The number of hydrogen-bond acceptors (Lipinski definition) is 5. The molecule has 0 aliphatic carbocycles. The molecule has 2 rings (SSSR count). The summed E-state index contributed by atoms with van der Waals surface area (Å²) in [5.74, 6) is 0. The number of aryl methyl sites for hydroxylation is 2. The highest BCUT2D eigenvalue weighted by molar-refractivity contribution is 7.89. The molecule has 0 fully saturated rings. The van der Waals surface area contributed by atoms with Crippen molar-refractivity contribution >= 4 is 21.4 Å². The molecule has 20 heavy (non-hydrogen) atoms. The first kappa shape index (κ1) is 14.9. The third-order valence-corrected chi connectivity index (χ3v) is 5.58. The van der Waals surface area contributed by atoms with Crippen molar-refractivity contribution in [3.05, 3.63) is 33.4 Å². The highest BCUT2D eigenvalue weighted by Crippen LogP contribution is 2.31. The van der Waals surface area contributed by atoms with Crippen LogP contribution in [0.5, 0.6) is 0 Å². The van der Waals surface area contributed by atoms with Crippen LogP contribution in [0.4, 0.5) is 0 Å². The van der Waals surface area contributed by atoms with E-state index in [1.807, 2.05) is 0 Å². The molecule has 108 valence electrons. The fourth-order valence-corrected chi connectivity index (χ4v) is 4.36. The Kier molecular flexibility index (Phi) is 4.07. The van der Waals surface area contributed by atoms with Crippen LogP contribution in [-0.4, -0.2) is 24.7 Å². The third kappa shape index (κ3) is 2.82. The zero-order valence-corrected chi connectivity index (χ0v) is 13.0. The third-order valence-electron chi connectivity index (χ3n) is 2.71. The molecular weight excluding hydrogens is 298 g/mol. The van der Waals surface area contributed by atoms with Gasteiger partial charge in [-0.3, -0.25) is 4.79 Å². The standard InChI is InChI=1S/C12H15N3O3S2/c1-4-13-20(17,18)11-7-10(19-8(11)2)9-5-6-12(16)15(3)14-9/h5-7,13H,4H2,1-3H3. The highest BCUT2D eigenvalue weighted by Gasteiger charge is 2.20. The molecule has 2 aromatic rings. The number of nitrogens with one attached hydrogen (secondary N) is 1. The molecule has 1 N–H and O–H groups in total. The minimum Gasteiger partial charge on any atom is -0.268 e. The summed E-state index contributed by atoms with van der Waals surface area (Å²) in [6.07, 6.45) is 0. The van der Waals surface area contributed by atoms with Crippen molar-refractivity contribution in [3.63, 3.8) is 0 Å². The summed E-state index contributed by atoms with van der Waals surface area (Å²) in [6, 6.07) is 4.60. The monoisotopic (exact) mass is 313 g/mol. The molecule has 0 bridgehead atoms. The Bertz CT molecular complexity index is 791. The lowest BCUT2D eigenvalue weighted by molar-refractivity contribution is 0.584. The average molecular weight is 313 g/mol. The smallest absolute Gasteiger partial charge is 0.266 e. The van der Waals surface area contributed by atoms with Gasteiger partial charge in [0.05, 0.1) is 9.77 Å². The summed E-state index contributed by atoms with van der Waals surface area (Å²) >= 11 is 1.34. The van der Waals surface area contributed by atoms with Crippen LogP contribution < -0.4 is 10.3 Å². The first-order valence-corrected chi connectivity index (χ1v) is 8.30. The summed E-state index contributed by atoms with van der Waals surface area (Å²) in [7, 11) is -1.92. The van der Waals surface area contributed by atoms with E-state index in [4.69, 9.17) is 0 Å². The molecule has 0 saturated heterocycles.